The van der Waals surface area contributed by atoms with Crippen LogP contribution in [0, 0.1) is 11.8 Å². The molecule has 2 aliphatic heterocycles. The molecule has 7 nitrogen and oxygen atoms in total. The molecule has 5 rings (SSSR count). The first-order chi connectivity index (χ1) is 12.0. The lowest BCUT2D eigenvalue weighted by Crippen LogP contribution is -2.57. The number of amides is 1. The van der Waals surface area contributed by atoms with Gasteiger partial charge in [-0.1, -0.05) is 17.3 Å². The van der Waals surface area contributed by atoms with E-state index < -0.39 is 11.9 Å². The molecule has 1 N–H and O–H groups in total. The molecule has 25 heavy (non-hydrogen) atoms. The van der Waals surface area contributed by atoms with Crippen molar-refractivity contribution in [1.82, 2.24) is 19.9 Å². The number of benzene rings is 1. The van der Waals surface area contributed by atoms with E-state index in [0.717, 1.165) is 24.1 Å². The van der Waals surface area contributed by atoms with Gasteiger partial charge in [0.1, 0.15) is 0 Å². The summed E-state index contributed by atoms with van der Waals surface area (Å²) in [4.78, 5) is 26.2. The second-order valence-electron chi connectivity index (χ2n) is 6.97. The van der Waals surface area contributed by atoms with Crippen LogP contribution in [-0.2, 0) is 11.8 Å². The highest BCUT2D eigenvalue weighted by atomic mass is 16.4. The van der Waals surface area contributed by atoms with Crippen molar-refractivity contribution in [3.63, 3.8) is 0 Å². The summed E-state index contributed by atoms with van der Waals surface area (Å²) in [5.74, 6) is -0.993. The van der Waals surface area contributed by atoms with Gasteiger partial charge < -0.3 is 10.0 Å². The van der Waals surface area contributed by atoms with Gasteiger partial charge in [0.15, 0.2) is 0 Å². The number of nitrogens with zero attached hydrogens (tertiary/aromatic N) is 4. The van der Waals surface area contributed by atoms with Crippen LogP contribution in [-0.4, -0.2) is 49.5 Å². The van der Waals surface area contributed by atoms with Gasteiger partial charge in [0.25, 0.3) is 5.91 Å². The molecule has 3 fully saturated rings. The van der Waals surface area contributed by atoms with Crippen LogP contribution in [0.5, 0.6) is 0 Å². The molecular weight excluding hydrogens is 320 g/mol. The number of carboxylic acid groups (broad SMARTS) is 1. The highest BCUT2D eigenvalue weighted by Crippen LogP contribution is 2.39. The minimum absolute atomic E-state index is 0.0738. The molecule has 3 atom stereocenters. The van der Waals surface area contributed by atoms with E-state index in [1.165, 1.54) is 0 Å². The number of rotatable bonds is 3. The summed E-state index contributed by atoms with van der Waals surface area (Å²) >= 11 is 0. The van der Waals surface area contributed by atoms with Gasteiger partial charge in [0.2, 0.25) is 0 Å². The molecule has 0 radical (unpaired) electrons. The minimum atomic E-state index is -0.786. The first-order valence-electron chi connectivity index (χ1n) is 8.53. The smallest absolute Gasteiger partial charge is 0.308 e. The van der Waals surface area contributed by atoms with Crippen LogP contribution in [0.2, 0.25) is 0 Å². The zero-order chi connectivity index (χ0) is 17.6. The van der Waals surface area contributed by atoms with Crippen molar-refractivity contribution < 1.29 is 14.7 Å². The van der Waals surface area contributed by atoms with Crippen molar-refractivity contribution >= 4 is 11.9 Å². The zero-order valence-electron chi connectivity index (χ0n) is 14.0. The lowest BCUT2D eigenvalue weighted by Gasteiger charge is -2.48. The fourth-order valence-electron chi connectivity index (χ4n) is 4.19. The lowest BCUT2D eigenvalue weighted by molar-refractivity contribution is -0.148. The molecule has 1 amide bonds. The van der Waals surface area contributed by atoms with Gasteiger partial charge in [-0.15, -0.1) is 5.10 Å². The van der Waals surface area contributed by atoms with Crippen molar-refractivity contribution in [2.45, 2.75) is 25.3 Å². The van der Waals surface area contributed by atoms with E-state index in [-0.39, 0.29) is 11.9 Å². The predicted octanol–water partition coefficient (Wildman–Crippen LogP) is 1.81. The summed E-state index contributed by atoms with van der Waals surface area (Å²) in [5.41, 5.74) is 2.41. The van der Waals surface area contributed by atoms with Crippen LogP contribution in [0.1, 0.15) is 29.6 Å². The molecule has 1 aliphatic carbocycles. The second kappa shape index (κ2) is 5.98. The Morgan fingerprint density at radius 1 is 1.20 bits per heavy atom. The van der Waals surface area contributed by atoms with E-state index in [4.69, 9.17) is 0 Å². The van der Waals surface area contributed by atoms with E-state index in [1.54, 1.807) is 27.9 Å². The lowest BCUT2D eigenvalue weighted by atomic mass is 9.72. The fourth-order valence-corrected chi connectivity index (χ4v) is 4.19. The number of carboxylic acids is 1. The first kappa shape index (κ1) is 15.8. The average molecular weight is 340 g/mol. The highest BCUT2D eigenvalue weighted by Gasteiger charge is 2.45. The molecule has 2 aromatic rings. The Morgan fingerprint density at radius 3 is 2.56 bits per heavy atom. The summed E-state index contributed by atoms with van der Waals surface area (Å²) in [6.07, 6.45) is 4.17. The molecule has 0 spiro atoms. The van der Waals surface area contributed by atoms with Crippen LogP contribution < -0.4 is 0 Å². The Balaban J connectivity index is 1.57. The normalized spacial score (nSPS) is 25.2. The maximum absolute atomic E-state index is 12.9. The van der Waals surface area contributed by atoms with Gasteiger partial charge in [0, 0.05) is 30.8 Å². The fraction of sp³-hybridized carbons (Fsp3) is 0.444. The highest BCUT2D eigenvalue weighted by molar-refractivity contribution is 5.95. The molecule has 1 aromatic carbocycles. The quantitative estimate of drug-likeness (QED) is 0.920. The number of carbonyl (C=O) groups excluding carboxylic acids is 1. The monoisotopic (exact) mass is 340 g/mol. The molecule has 1 saturated carbocycles. The van der Waals surface area contributed by atoms with Crippen LogP contribution in [0.4, 0.5) is 0 Å². The van der Waals surface area contributed by atoms with E-state index in [2.05, 4.69) is 10.3 Å². The Morgan fingerprint density at radius 2 is 1.96 bits per heavy atom. The standard InChI is InChI=1S/C18H20N4O3/c1-21-16(9-19-20-21)12-3-5-13(6-4-12)17(23)22-10-11-2-7-15(22)14(8-11)18(24)25/h3-6,9,11,14-15H,2,7-8,10H2,1H3,(H,24,25)/t11-,14-,15+/m1/s1. The largest absolute Gasteiger partial charge is 0.481 e. The maximum Gasteiger partial charge on any atom is 0.308 e. The van der Waals surface area contributed by atoms with Crippen LogP contribution >= 0.6 is 0 Å². The second-order valence-corrected chi connectivity index (χ2v) is 6.97. The maximum atomic E-state index is 12.9. The van der Waals surface area contributed by atoms with Crippen molar-refractivity contribution in [2.24, 2.45) is 18.9 Å². The molecule has 3 heterocycles. The van der Waals surface area contributed by atoms with Crippen molar-refractivity contribution in [1.29, 1.82) is 0 Å². The van der Waals surface area contributed by atoms with Gasteiger partial charge in [-0.3, -0.25) is 9.59 Å². The van der Waals surface area contributed by atoms with Crippen molar-refractivity contribution in [3.8, 4) is 11.3 Å². The van der Waals surface area contributed by atoms with E-state index in [9.17, 15) is 14.7 Å². The molecule has 0 unspecified atom stereocenters. The average Bonchev–Trinajstić information content (AvgIpc) is 3.07. The zero-order valence-corrected chi connectivity index (χ0v) is 14.0. The van der Waals surface area contributed by atoms with E-state index in [0.29, 0.717) is 24.4 Å². The third-order valence-corrected chi connectivity index (χ3v) is 5.50. The molecule has 3 aliphatic rings. The van der Waals surface area contributed by atoms with E-state index >= 15 is 0 Å². The molecule has 7 heteroatoms. The Kier molecular flexibility index (Phi) is 3.78. The van der Waals surface area contributed by atoms with Gasteiger partial charge in [-0.2, -0.15) is 0 Å². The molecule has 2 bridgehead atoms. The van der Waals surface area contributed by atoms with Crippen LogP contribution in [0.15, 0.2) is 30.5 Å². The topological polar surface area (TPSA) is 88.3 Å². The van der Waals surface area contributed by atoms with Gasteiger partial charge >= 0.3 is 5.97 Å². The van der Waals surface area contributed by atoms with Gasteiger partial charge in [0.05, 0.1) is 17.8 Å². The predicted molar refractivity (Wildman–Crippen MR) is 89.7 cm³/mol. The summed E-state index contributed by atoms with van der Waals surface area (Å²) in [6, 6.07) is 7.16. The summed E-state index contributed by atoms with van der Waals surface area (Å²) in [6.45, 7) is 0.667. The molecule has 130 valence electrons. The first-order valence-corrected chi connectivity index (χ1v) is 8.53. The van der Waals surface area contributed by atoms with Gasteiger partial charge in [-0.05, 0) is 37.3 Å². The minimum Gasteiger partial charge on any atom is -0.481 e. The third-order valence-electron chi connectivity index (χ3n) is 5.50. The van der Waals surface area contributed by atoms with Crippen LogP contribution in [0.25, 0.3) is 11.3 Å². The van der Waals surface area contributed by atoms with E-state index in [1.807, 2.05) is 19.2 Å². The Hall–Kier alpha value is -2.70. The summed E-state index contributed by atoms with van der Waals surface area (Å²) in [7, 11) is 1.82. The molecular formula is C18H20N4O3. The summed E-state index contributed by atoms with van der Waals surface area (Å²) in [5, 5.41) is 17.2. The number of piperidine rings is 2. The number of aryl methyl sites for hydroxylation is 1. The number of carbonyl (C=O) groups is 2. The van der Waals surface area contributed by atoms with Crippen molar-refractivity contribution in [2.75, 3.05) is 6.54 Å². The van der Waals surface area contributed by atoms with Crippen LogP contribution in [0.3, 0.4) is 0 Å². The number of fused-ring (bicyclic) bond motifs is 3. The molecule has 1 aromatic heterocycles. The summed E-state index contributed by atoms with van der Waals surface area (Å²) < 4.78 is 1.68. The Labute approximate surface area is 145 Å². The van der Waals surface area contributed by atoms with Gasteiger partial charge in [-0.25, -0.2) is 4.68 Å². The molecule has 2 saturated heterocycles. The number of aromatic nitrogens is 3. The van der Waals surface area contributed by atoms with Crippen molar-refractivity contribution in [3.05, 3.63) is 36.0 Å². The number of aliphatic carboxylic acids is 1. The SMILES string of the molecule is Cn1nncc1-c1ccc(C(=O)N2C[C@@H]3CC[C@H]2[C@H](C(=O)O)C3)cc1. The number of hydrogen-bond acceptors (Lipinski definition) is 4. The third kappa shape index (κ3) is 2.69. The number of hydrogen-bond donors (Lipinski definition) is 1. The Bertz CT molecular complexity index is 814.